The van der Waals surface area contributed by atoms with Gasteiger partial charge in [0, 0.05) is 4.47 Å². The van der Waals surface area contributed by atoms with Crippen LogP contribution in [0, 0.1) is 5.82 Å². The zero-order valence-electron chi connectivity index (χ0n) is 10.8. The molecule has 0 aromatic heterocycles. The van der Waals surface area contributed by atoms with Crippen LogP contribution in [0.25, 0.3) is 0 Å². The van der Waals surface area contributed by atoms with Crippen molar-refractivity contribution in [2.75, 3.05) is 11.4 Å². The molecule has 0 bridgehead atoms. The largest absolute Gasteiger partial charge is 0.340 e. The molecule has 106 valence electrons. The Morgan fingerprint density at radius 1 is 1.25 bits per heavy atom. The van der Waals surface area contributed by atoms with Gasteiger partial charge in [0.05, 0.1) is 5.69 Å². The summed E-state index contributed by atoms with van der Waals surface area (Å²) in [5.41, 5.74) is -0.659. The summed E-state index contributed by atoms with van der Waals surface area (Å²) >= 11 is 3.18. The summed E-state index contributed by atoms with van der Waals surface area (Å²) in [5.74, 6) is -0.930. The van der Waals surface area contributed by atoms with Crippen LogP contribution in [-0.4, -0.2) is 23.9 Å². The summed E-state index contributed by atoms with van der Waals surface area (Å²) in [7, 11) is 0. The number of amides is 2. The predicted octanol–water partition coefficient (Wildman–Crippen LogP) is 2.36. The molecule has 2 aliphatic rings. The number of nitrogens with zero attached hydrogens (tertiary/aromatic N) is 1. The first-order valence-corrected chi connectivity index (χ1v) is 7.39. The van der Waals surface area contributed by atoms with Gasteiger partial charge < -0.3 is 5.32 Å². The smallest absolute Gasteiger partial charge is 0.253 e. The van der Waals surface area contributed by atoms with Gasteiger partial charge in [-0.3, -0.25) is 14.5 Å². The Balaban J connectivity index is 1.99. The number of benzene rings is 1. The van der Waals surface area contributed by atoms with Crippen LogP contribution in [0.2, 0.25) is 0 Å². The van der Waals surface area contributed by atoms with Crippen LogP contribution in [0.4, 0.5) is 10.1 Å². The molecule has 2 amide bonds. The minimum Gasteiger partial charge on any atom is -0.340 e. The number of nitrogens with one attached hydrogen (secondary N) is 1. The van der Waals surface area contributed by atoms with Crippen LogP contribution in [0.3, 0.4) is 0 Å². The van der Waals surface area contributed by atoms with Crippen molar-refractivity contribution in [3.8, 4) is 0 Å². The lowest BCUT2D eigenvalue weighted by molar-refractivity contribution is -0.135. The van der Waals surface area contributed by atoms with E-state index in [9.17, 15) is 14.0 Å². The normalized spacial score (nSPS) is 21.4. The minimum atomic E-state index is -0.825. The molecule has 2 fully saturated rings. The summed E-state index contributed by atoms with van der Waals surface area (Å²) in [6, 6.07) is 4.49. The number of anilines is 1. The van der Waals surface area contributed by atoms with Gasteiger partial charge in [0.15, 0.2) is 0 Å². The fraction of sp³-hybridized carbons (Fsp3) is 0.429. The summed E-state index contributed by atoms with van der Waals surface area (Å²) in [5, 5.41) is 2.81. The van der Waals surface area contributed by atoms with Crippen molar-refractivity contribution in [1.82, 2.24) is 5.32 Å². The van der Waals surface area contributed by atoms with Gasteiger partial charge in [-0.25, -0.2) is 4.39 Å². The van der Waals surface area contributed by atoms with Crippen molar-refractivity contribution in [2.24, 2.45) is 0 Å². The Morgan fingerprint density at radius 2 is 1.95 bits per heavy atom. The van der Waals surface area contributed by atoms with Crippen molar-refractivity contribution in [3.05, 3.63) is 28.5 Å². The molecule has 20 heavy (non-hydrogen) atoms. The van der Waals surface area contributed by atoms with Crippen molar-refractivity contribution in [3.63, 3.8) is 0 Å². The highest BCUT2D eigenvalue weighted by Crippen LogP contribution is 2.35. The highest BCUT2D eigenvalue weighted by Gasteiger charge is 2.49. The van der Waals surface area contributed by atoms with Crippen molar-refractivity contribution >= 4 is 33.4 Å². The number of carbonyl (C=O) groups is 2. The summed E-state index contributed by atoms with van der Waals surface area (Å²) in [4.78, 5) is 25.8. The van der Waals surface area contributed by atoms with Gasteiger partial charge in [-0.05, 0) is 31.0 Å². The Kier molecular flexibility index (Phi) is 3.28. The van der Waals surface area contributed by atoms with E-state index >= 15 is 0 Å². The standard InChI is InChI=1S/C14H14BrFN2O2/c15-9-3-4-11(10(16)7-9)18-8-12(19)17-14(13(18)20)5-1-2-6-14/h3-4,7H,1-2,5-6,8H2,(H,17,19). The van der Waals surface area contributed by atoms with Gasteiger partial charge in [-0.1, -0.05) is 28.8 Å². The molecule has 3 rings (SSSR count). The Hall–Kier alpha value is -1.43. The van der Waals surface area contributed by atoms with E-state index in [1.165, 1.54) is 17.0 Å². The molecule has 1 aromatic carbocycles. The Bertz CT molecular complexity index is 585. The fourth-order valence-corrected chi connectivity index (χ4v) is 3.38. The maximum absolute atomic E-state index is 14.1. The summed E-state index contributed by atoms with van der Waals surface area (Å²) in [6.45, 7) is -0.126. The Labute approximate surface area is 124 Å². The molecule has 0 unspecified atom stereocenters. The van der Waals surface area contributed by atoms with E-state index < -0.39 is 11.4 Å². The van der Waals surface area contributed by atoms with Crippen LogP contribution in [0.1, 0.15) is 25.7 Å². The van der Waals surface area contributed by atoms with Crippen LogP contribution in [0.5, 0.6) is 0 Å². The van der Waals surface area contributed by atoms with Gasteiger partial charge in [0.1, 0.15) is 17.9 Å². The van der Waals surface area contributed by atoms with Crippen LogP contribution < -0.4 is 10.2 Å². The number of hydrogen-bond donors (Lipinski definition) is 1. The van der Waals surface area contributed by atoms with Gasteiger partial charge in [0.25, 0.3) is 5.91 Å². The number of halogens is 2. The van der Waals surface area contributed by atoms with Gasteiger partial charge in [-0.15, -0.1) is 0 Å². The maximum atomic E-state index is 14.1. The van der Waals surface area contributed by atoms with Crippen LogP contribution in [0.15, 0.2) is 22.7 Å². The molecule has 1 saturated carbocycles. The number of carbonyl (C=O) groups excluding carboxylic acids is 2. The van der Waals surface area contributed by atoms with E-state index in [0.29, 0.717) is 17.3 Å². The molecule has 0 atom stereocenters. The monoisotopic (exact) mass is 340 g/mol. The summed E-state index contributed by atoms with van der Waals surface area (Å²) < 4.78 is 14.7. The third-order valence-corrected chi connectivity index (χ3v) is 4.49. The molecule has 1 saturated heterocycles. The average Bonchev–Trinajstić information content (AvgIpc) is 2.84. The number of piperazine rings is 1. The van der Waals surface area contributed by atoms with E-state index in [1.807, 2.05) is 0 Å². The van der Waals surface area contributed by atoms with E-state index in [2.05, 4.69) is 21.2 Å². The van der Waals surface area contributed by atoms with E-state index in [4.69, 9.17) is 0 Å². The highest BCUT2D eigenvalue weighted by molar-refractivity contribution is 9.10. The molecule has 1 N–H and O–H groups in total. The first-order valence-electron chi connectivity index (χ1n) is 6.60. The third kappa shape index (κ3) is 2.12. The average molecular weight is 341 g/mol. The molecular formula is C14H14BrFN2O2. The van der Waals surface area contributed by atoms with Gasteiger partial charge >= 0.3 is 0 Å². The summed E-state index contributed by atoms with van der Waals surface area (Å²) in [6.07, 6.45) is 3.07. The fourth-order valence-electron chi connectivity index (χ4n) is 3.05. The van der Waals surface area contributed by atoms with Crippen molar-refractivity contribution in [2.45, 2.75) is 31.2 Å². The molecule has 1 heterocycles. The molecule has 1 spiro atoms. The molecule has 1 aromatic rings. The minimum absolute atomic E-state index is 0.126. The maximum Gasteiger partial charge on any atom is 0.253 e. The van der Waals surface area contributed by atoms with Crippen molar-refractivity contribution < 1.29 is 14.0 Å². The zero-order chi connectivity index (χ0) is 14.3. The number of rotatable bonds is 1. The van der Waals surface area contributed by atoms with Gasteiger partial charge in [-0.2, -0.15) is 0 Å². The second kappa shape index (κ2) is 4.84. The Morgan fingerprint density at radius 3 is 2.60 bits per heavy atom. The topological polar surface area (TPSA) is 49.4 Å². The number of hydrogen-bond acceptors (Lipinski definition) is 2. The predicted molar refractivity (Wildman–Crippen MR) is 75.8 cm³/mol. The lowest BCUT2D eigenvalue weighted by Gasteiger charge is -2.39. The molecular weight excluding hydrogens is 327 g/mol. The second-order valence-electron chi connectivity index (χ2n) is 5.32. The van der Waals surface area contributed by atoms with E-state index in [1.54, 1.807) is 6.07 Å². The van der Waals surface area contributed by atoms with E-state index in [0.717, 1.165) is 12.8 Å². The molecule has 4 nitrogen and oxygen atoms in total. The van der Waals surface area contributed by atoms with Crippen molar-refractivity contribution in [1.29, 1.82) is 0 Å². The zero-order valence-corrected chi connectivity index (χ0v) is 12.4. The van der Waals surface area contributed by atoms with Crippen LogP contribution >= 0.6 is 15.9 Å². The first-order chi connectivity index (χ1) is 9.52. The van der Waals surface area contributed by atoms with E-state index in [-0.39, 0.29) is 24.0 Å². The van der Waals surface area contributed by atoms with Crippen LogP contribution in [-0.2, 0) is 9.59 Å². The molecule has 0 radical (unpaired) electrons. The first kappa shape index (κ1) is 13.5. The SMILES string of the molecule is O=C1CN(c2ccc(Br)cc2F)C(=O)C2(CCCC2)N1. The highest BCUT2D eigenvalue weighted by atomic mass is 79.9. The second-order valence-corrected chi connectivity index (χ2v) is 6.24. The lowest BCUT2D eigenvalue weighted by Crippen LogP contribution is -2.65. The molecule has 6 heteroatoms. The molecule has 1 aliphatic heterocycles. The van der Waals surface area contributed by atoms with Gasteiger partial charge in [0.2, 0.25) is 5.91 Å². The third-order valence-electron chi connectivity index (χ3n) is 3.99. The molecule has 1 aliphatic carbocycles. The lowest BCUT2D eigenvalue weighted by atomic mass is 9.92. The quantitative estimate of drug-likeness (QED) is 0.853.